The van der Waals surface area contributed by atoms with E-state index in [0.717, 1.165) is 25.9 Å². The maximum absolute atomic E-state index is 11.3. The highest BCUT2D eigenvalue weighted by Crippen LogP contribution is 2.33. The van der Waals surface area contributed by atoms with Crippen LogP contribution in [0.15, 0.2) is 23.1 Å². The van der Waals surface area contributed by atoms with Gasteiger partial charge in [-0.15, -0.1) is 0 Å². The lowest BCUT2D eigenvalue weighted by molar-refractivity contribution is -0.385. The van der Waals surface area contributed by atoms with Crippen LogP contribution in [0.2, 0.25) is 0 Å². The van der Waals surface area contributed by atoms with Crippen molar-refractivity contribution in [2.75, 3.05) is 13.1 Å². The third kappa shape index (κ3) is 3.09. The molecule has 0 spiro atoms. The maximum atomic E-state index is 11.3. The standard InChI is InChI=1S/C11H15N3O4S/c12-19(17,18)9-1-2-11(14(15)16)10(7-9)8-3-5-13-6-4-8/h1-2,7-8,13H,3-6H2,(H2,12,17,18). The number of benzene rings is 1. The van der Waals surface area contributed by atoms with E-state index in [2.05, 4.69) is 5.32 Å². The molecule has 0 bridgehead atoms. The third-order valence-corrected chi connectivity index (χ3v) is 4.21. The average Bonchev–Trinajstić information content (AvgIpc) is 2.38. The molecule has 1 fully saturated rings. The van der Waals surface area contributed by atoms with Crippen molar-refractivity contribution in [1.29, 1.82) is 0 Å². The van der Waals surface area contributed by atoms with Crippen LogP contribution >= 0.6 is 0 Å². The second-order valence-corrected chi connectivity index (χ2v) is 6.11. The zero-order valence-electron chi connectivity index (χ0n) is 10.2. The molecule has 7 nitrogen and oxygen atoms in total. The zero-order chi connectivity index (χ0) is 14.0. The smallest absolute Gasteiger partial charge is 0.272 e. The highest BCUT2D eigenvalue weighted by Gasteiger charge is 2.25. The summed E-state index contributed by atoms with van der Waals surface area (Å²) in [6.45, 7) is 1.53. The van der Waals surface area contributed by atoms with Crippen LogP contribution in [0.5, 0.6) is 0 Å². The van der Waals surface area contributed by atoms with Gasteiger partial charge in [0.2, 0.25) is 10.0 Å². The predicted molar refractivity (Wildman–Crippen MR) is 69.3 cm³/mol. The van der Waals surface area contributed by atoms with Crippen LogP contribution in [0.3, 0.4) is 0 Å². The summed E-state index contributed by atoms with van der Waals surface area (Å²) in [7, 11) is -3.84. The van der Waals surface area contributed by atoms with Crippen LogP contribution in [0.1, 0.15) is 24.3 Å². The van der Waals surface area contributed by atoms with Gasteiger partial charge in [0.25, 0.3) is 5.69 Å². The molecule has 0 radical (unpaired) electrons. The molecule has 3 N–H and O–H groups in total. The van der Waals surface area contributed by atoms with E-state index in [1.54, 1.807) is 0 Å². The molecule has 0 atom stereocenters. The lowest BCUT2D eigenvalue weighted by Gasteiger charge is -2.23. The van der Waals surface area contributed by atoms with Crippen molar-refractivity contribution < 1.29 is 13.3 Å². The van der Waals surface area contributed by atoms with Gasteiger partial charge in [0.1, 0.15) is 0 Å². The molecular weight excluding hydrogens is 270 g/mol. The van der Waals surface area contributed by atoms with E-state index < -0.39 is 14.9 Å². The minimum absolute atomic E-state index is 0.0108. The van der Waals surface area contributed by atoms with E-state index >= 15 is 0 Å². The van der Waals surface area contributed by atoms with Gasteiger partial charge in [-0.25, -0.2) is 13.6 Å². The van der Waals surface area contributed by atoms with Crippen molar-refractivity contribution in [1.82, 2.24) is 5.32 Å². The minimum atomic E-state index is -3.84. The first-order valence-electron chi connectivity index (χ1n) is 5.91. The number of primary sulfonamides is 1. The van der Waals surface area contributed by atoms with E-state index in [1.807, 2.05) is 0 Å². The summed E-state index contributed by atoms with van der Waals surface area (Å²) in [6, 6.07) is 3.73. The monoisotopic (exact) mass is 285 g/mol. The molecule has 0 saturated carbocycles. The molecule has 1 aromatic rings. The van der Waals surface area contributed by atoms with Crippen molar-refractivity contribution in [3.8, 4) is 0 Å². The van der Waals surface area contributed by atoms with Gasteiger partial charge in [-0.1, -0.05) is 0 Å². The molecule has 1 saturated heterocycles. The highest BCUT2D eigenvalue weighted by atomic mass is 32.2. The predicted octanol–water partition coefficient (Wildman–Crippen LogP) is 0.709. The van der Waals surface area contributed by atoms with Crippen LogP contribution in [-0.2, 0) is 10.0 Å². The van der Waals surface area contributed by atoms with Gasteiger partial charge in [0.05, 0.1) is 9.82 Å². The molecule has 0 aliphatic carbocycles. The van der Waals surface area contributed by atoms with Crippen molar-refractivity contribution in [2.24, 2.45) is 5.14 Å². The summed E-state index contributed by atoms with van der Waals surface area (Å²) >= 11 is 0. The number of piperidine rings is 1. The minimum Gasteiger partial charge on any atom is -0.317 e. The topological polar surface area (TPSA) is 115 Å². The fraction of sp³-hybridized carbons (Fsp3) is 0.455. The SMILES string of the molecule is NS(=O)(=O)c1ccc([N+](=O)[O-])c(C2CCNCC2)c1. The number of hydrogen-bond donors (Lipinski definition) is 2. The Morgan fingerprint density at radius 1 is 1.32 bits per heavy atom. The Bertz CT molecular complexity index is 594. The molecular formula is C11H15N3O4S. The average molecular weight is 285 g/mol. The lowest BCUT2D eigenvalue weighted by Crippen LogP contribution is -2.27. The summed E-state index contributed by atoms with van der Waals surface area (Å²) in [4.78, 5) is 10.5. The summed E-state index contributed by atoms with van der Waals surface area (Å²) < 4.78 is 22.7. The van der Waals surface area contributed by atoms with Gasteiger partial charge in [-0.05, 0) is 44.0 Å². The summed E-state index contributed by atoms with van der Waals surface area (Å²) in [6.07, 6.45) is 1.49. The van der Waals surface area contributed by atoms with Gasteiger partial charge in [0, 0.05) is 11.6 Å². The van der Waals surface area contributed by atoms with Crippen LogP contribution in [-0.4, -0.2) is 26.4 Å². The van der Waals surface area contributed by atoms with Crippen molar-refractivity contribution in [2.45, 2.75) is 23.7 Å². The molecule has 0 aromatic heterocycles. The van der Waals surface area contributed by atoms with Gasteiger partial charge in [-0.2, -0.15) is 0 Å². The number of rotatable bonds is 3. The molecule has 8 heteroatoms. The molecule has 2 rings (SSSR count). The molecule has 1 aliphatic rings. The number of nitrogens with one attached hydrogen (secondary N) is 1. The normalized spacial score (nSPS) is 17.3. The number of nitro benzene ring substituents is 1. The Kier molecular flexibility index (Phi) is 3.83. The Morgan fingerprint density at radius 3 is 2.47 bits per heavy atom. The van der Waals surface area contributed by atoms with Gasteiger partial charge < -0.3 is 5.32 Å². The van der Waals surface area contributed by atoms with Crippen LogP contribution in [0.25, 0.3) is 0 Å². The third-order valence-electron chi connectivity index (χ3n) is 3.30. The molecule has 19 heavy (non-hydrogen) atoms. The number of nitrogens with two attached hydrogens (primary N) is 1. The van der Waals surface area contributed by atoms with E-state index in [-0.39, 0.29) is 16.5 Å². The number of nitrogens with zero attached hydrogens (tertiary/aromatic N) is 1. The first kappa shape index (κ1) is 13.9. The first-order chi connectivity index (χ1) is 8.89. The largest absolute Gasteiger partial charge is 0.317 e. The number of hydrogen-bond acceptors (Lipinski definition) is 5. The molecule has 0 unspecified atom stereocenters. The Balaban J connectivity index is 2.50. The van der Waals surface area contributed by atoms with E-state index in [9.17, 15) is 18.5 Å². The molecule has 1 aromatic carbocycles. The van der Waals surface area contributed by atoms with Crippen molar-refractivity contribution >= 4 is 15.7 Å². The lowest BCUT2D eigenvalue weighted by atomic mass is 9.89. The molecule has 1 heterocycles. The zero-order valence-corrected chi connectivity index (χ0v) is 11.0. The Morgan fingerprint density at radius 2 is 1.95 bits per heavy atom. The fourth-order valence-corrected chi connectivity index (χ4v) is 2.88. The maximum Gasteiger partial charge on any atom is 0.272 e. The van der Waals surface area contributed by atoms with Crippen LogP contribution in [0, 0.1) is 10.1 Å². The second kappa shape index (κ2) is 5.24. The number of sulfonamides is 1. The van der Waals surface area contributed by atoms with Crippen molar-refractivity contribution in [3.63, 3.8) is 0 Å². The molecule has 104 valence electrons. The quantitative estimate of drug-likeness (QED) is 0.626. The number of nitro groups is 1. The van der Waals surface area contributed by atoms with E-state index in [0.29, 0.717) is 5.56 Å². The van der Waals surface area contributed by atoms with Gasteiger partial charge >= 0.3 is 0 Å². The van der Waals surface area contributed by atoms with Crippen LogP contribution < -0.4 is 10.5 Å². The Labute approximate surface area is 111 Å². The van der Waals surface area contributed by atoms with E-state index in [4.69, 9.17) is 5.14 Å². The second-order valence-electron chi connectivity index (χ2n) is 4.55. The highest BCUT2D eigenvalue weighted by molar-refractivity contribution is 7.89. The van der Waals surface area contributed by atoms with E-state index in [1.165, 1.54) is 18.2 Å². The Hall–Kier alpha value is -1.51. The van der Waals surface area contributed by atoms with Gasteiger partial charge in [0.15, 0.2) is 0 Å². The molecule has 0 amide bonds. The fourth-order valence-electron chi connectivity index (χ4n) is 2.34. The van der Waals surface area contributed by atoms with Crippen molar-refractivity contribution in [3.05, 3.63) is 33.9 Å². The summed E-state index contributed by atoms with van der Waals surface area (Å²) in [5, 5.41) is 19.3. The van der Waals surface area contributed by atoms with Crippen LogP contribution in [0.4, 0.5) is 5.69 Å². The summed E-state index contributed by atoms with van der Waals surface area (Å²) in [5.74, 6) is -0.0108. The van der Waals surface area contributed by atoms with Gasteiger partial charge in [-0.3, -0.25) is 10.1 Å². The molecule has 1 aliphatic heterocycles. The summed E-state index contributed by atoms with van der Waals surface area (Å²) in [5.41, 5.74) is 0.414. The first-order valence-corrected chi connectivity index (χ1v) is 7.46.